The fourth-order valence-electron chi connectivity index (χ4n) is 3.35. The molecule has 1 aromatic rings. The second-order valence-electron chi connectivity index (χ2n) is 6.27. The van der Waals surface area contributed by atoms with Gasteiger partial charge in [0, 0.05) is 20.6 Å². The van der Waals surface area contributed by atoms with Gasteiger partial charge >= 0.3 is 0 Å². The molecule has 2 rings (SSSR count). The Bertz CT molecular complexity index is 496. The highest BCUT2D eigenvalue weighted by molar-refractivity contribution is 6.30. The highest BCUT2D eigenvalue weighted by Gasteiger charge is 2.46. The van der Waals surface area contributed by atoms with E-state index in [4.69, 9.17) is 15.7 Å². The maximum atomic E-state index is 7.83. The number of hydrogen-bond donors (Lipinski definition) is 0. The minimum absolute atomic E-state index is 0. The van der Waals surface area contributed by atoms with Crippen molar-refractivity contribution in [2.24, 2.45) is 5.92 Å². The van der Waals surface area contributed by atoms with Crippen LogP contribution in [0.3, 0.4) is 0 Å². The van der Waals surface area contributed by atoms with Gasteiger partial charge < -0.3 is 4.90 Å². The van der Waals surface area contributed by atoms with E-state index in [1.165, 1.54) is 5.56 Å². The first-order valence-corrected chi connectivity index (χ1v) is 7.53. The van der Waals surface area contributed by atoms with Crippen molar-refractivity contribution in [3.63, 3.8) is 0 Å². The van der Waals surface area contributed by atoms with E-state index in [9.17, 15) is 0 Å². The van der Waals surface area contributed by atoms with E-state index < -0.39 is 6.98 Å². The van der Waals surface area contributed by atoms with Crippen LogP contribution in [0.2, 0.25) is 5.02 Å². The first kappa shape index (κ1) is 13.4. The lowest BCUT2D eigenvalue weighted by Gasteiger charge is -2.51. The minimum Gasteiger partial charge on any atom is -0.306 e. The van der Waals surface area contributed by atoms with Crippen molar-refractivity contribution in [3.8, 4) is 0 Å². The third-order valence-electron chi connectivity index (χ3n) is 4.46. The maximum Gasteiger partial charge on any atom is 0.0406 e. The predicted octanol–water partition coefficient (Wildman–Crippen LogP) is 5.16. The van der Waals surface area contributed by atoms with E-state index in [-0.39, 0.29) is 23.9 Å². The molecule has 1 fully saturated rings. The van der Waals surface area contributed by atoms with E-state index in [0.717, 1.165) is 30.7 Å². The van der Waals surface area contributed by atoms with Crippen molar-refractivity contribution in [2.75, 3.05) is 14.0 Å². The van der Waals surface area contributed by atoms with Gasteiger partial charge in [0.05, 0.1) is 0 Å². The van der Waals surface area contributed by atoms with Crippen molar-refractivity contribution < 1.29 is 4.11 Å². The van der Waals surface area contributed by atoms with Gasteiger partial charge in [-0.3, -0.25) is 0 Å². The van der Waals surface area contributed by atoms with Gasteiger partial charge in [-0.2, -0.15) is 0 Å². The monoisotopic (exact) mass is 318 g/mol. The molecule has 0 aliphatic heterocycles. The minimum atomic E-state index is -2.06. The summed E-state index contributed by atoms with van der Waals surface area (Å²) < 4.78 is 23.5. The second kappa shape index (κ2) is 7.15. The van der Waals surface area contributed by atoms with Crippen molar-refractivity contribution in [1.82, 2.24) is 4.90 Å². The van der Waals surface area contributed by atoms with Crippen molar-refractivity contribution in [3.05, 3.63) is 34.9 Å². The molecule has 0 amide bonds. The van der Waals surface area contributed by atoms with Crippen molar-refractivity contribution >= 4 is 24.0 Å². The molecule has 1 aromatic carbocycles. The summed E-state index contributed by atoms with van der Waals surface area (Å²) in [7, 11) is 1.75. The van der Waals surface area contributed by atoms with E-state index in [1.54, 1.807) is 11.9 Å². The van der Waals surface area contributed by atoms with Crippen molar-refractivity contribution in [2.45, 2.75) is 51.0 Å². The van der Waals surface area contributed by atoms with E-state index in [2.05, 4.69) is 26.0 Å². The molecule has 114 valence electrons. The summed E-state index contributed by atoms with van der Waals surface area (Å²) in [5, 5.41) is 0.725. The average molecular weight is 319 g/mol. The van der Waals surface area contributed by atoms with Crippen LogP contribution in [0, 0.1) is 5.92 Å². The third kappa shape index (κ3) is 3.50. The fraction of sp³-hybridized carbons (Fsp3) is 0.647. The van der Waals surface area contributed by atoms with E-state index in [1.807, 2.05) is 12.1 Å². The zero-order chi connectivity index (χ0) is 16.5. The Morgan fingerprint density at radius 2 is 1.90 bits per heavy atom. The van der Waals surface area contributed by atoms with E-state index >= 15 is 0 Å². The molecule has 1 nitrogen and oxygen atoms in total. The summed E-state index contributed by atoms with van der Waals surface area (Å²) >= 11 is 6.02. The van der Waals surface area contributed by atoms with Crippen LogP contribution in [0.5, 0.6) is 0 Å². The maximum absolute atomic E-state index is 7.83. The Kier molecular flexibility index (Phi) is 4.80. The molecule has 1 atom stereocenters. The summed E-state index contributed by atoms with van der Waals surface area (Å²) in [5.74, 6) is 0.458. The van der Waals surface area contributed by atoms with Gasteiger partial charge in [0.1, 0.15) is 0 Å². The normalized spacial score (nSPS) is 21.4. The number of halogens is 2. The molecule has 1 saturated carbocycles. The van der Waals surface area contributed by atoms with E-state index in [0.29, 0.717) is 5.92 Å². The molecule has 1 aliphatic carbocycles. The van der Waals surface area contributed by atoms with Gasteiger partial charge in [0.2, 0.25) is 0 Å². The van der Waals surface area contributed by atoms with Crippen LogP contribution in [0.25, 0.3) is 0 Å². The van der Waals surface area contributed by atoms with Crippen molar-refractivity contribution in [1.29, 1.82) is 0 Å². The molecule has 0 N–H and O–H groups in total. The SMILES string of the molecule is Cl.[2H]C([2H])([2H])N(C)C(CC(C)C)C1(c2ccc(Cl)cc2)CCC1. The Morgan fingerprint density at radius 3 is 2.30 bits per heavy atom. The summed E-state index contributed by atoms with van der Waals surface area (Å²) in [6.07, 6.45) is 4.14. The molecule has 0 radical (unpaired) electrons. The van der Waals surface area contributed by atoms with Gasteiger partial charge in [-0.05, 0) is 56.9 Å². The Balaban J connectivity index is 0.00000264. The number of hydrogen-bond acceptors (Lipinski definition) is 1. The van der Waals surface area contributed by atoms with Crippen LogP contribution in [0.15, 0.2) is 24.3 Å². The molecule has 0 spiro atoms. The van der Waals surface area contributed by atoms with Crippen LogP contribution >= 0.6 is 24.0 Å². The van der Waals surface area contributed by atoms with Gasteiger partial charge in [-0.1, -0.05) is 44.0 Å². The molecule has 1 unspecified atom stereocenters. The molecular weight excluding hydrogens is 289 g/mol. The van der Waals surface area contributed by atoms with Crippen LogP contribution in [-0.4, -0.2) is 25.0 Å². The lowest BCUT2D eigenvalue weighted by Crippen LogP contribution is -2.52. The topological polar surface area (TPSA) is 3.24 Å². The van der Waals surface area contributed by atoms with Crippen LogP contribution in [-0.2, 0) is 5.41 Å². The molecular formula is C17H27Cl2N. The largest absolute Gasteiger partial charge is 0.306 e. The summed E-state index contributed by atoms with van der Waals surface area (Å²) in [6.45, 7) is 2.26. The summed E-state index contributed by atoms with van der Waals surface area (Å²) in [4.78, 5) is 1.61. The Morgan fingerprint density at radius 1 is 1.30 bits per heavy atom. The summed E-state index contributed by atoms with van der Waals surface area (Å²) in [6, 6.07) is 8.00. The van der Waals surface area contributed by atoms with Crippen LogP contribution < -0.4 is 0 Å². The second-order valence-corrected chi connectivity index (χ2v) is 6.71. The van der Waals surface area contributed by atoms with Gasteiger partial charge in [-0.15, -0.1) is 12.4 Å². The first-order chi connectivity index (χ1) is 10.2. The first-order valence-electron chi connectivity index (χ1n) is 8.66. The number of nitrogens with zero attached hydrogens (tertiary/aromatic N) is 1. The molecule has 3 heteroatoms. The summed E-state index contributed by atoms with van der Waals surface area (Å²) in [5.41, 5.74) is 1.17. The fourth-order valence-corrected chi connectivity index (χ4v) is 3.48. The molecule has 0 saturated heterocycles. The average Bonchev–Trinajstić information content (AvgIpc) is 2.36. The molecule has 0 bridgehead atoms. The lowest BCUT2D eigenvalue weighted by molar-refractivity contribution is 0.0808. The number of rotatable bonds is 5. The third-order valence-corrected chi connectivity index (χ3v) is 4.72. The standard InChI is InChI=1S/C17H26ClN.ClH/c1-13(2)12-16(19(3)4)17(10-5-11-17)14-6-8-15(18)9-7-14;/h6-9,13,16H,5,10-12H2,1-4H3;1H/i3D3;. The predicted molar refractivity (Wildman–Crippen MR) is 91.2 cm³/mol. The zero-order valence-corrected chi connectivity index (χ0v) is 14.1. The molecule has 0 aromatic heterocycles. The van der Waals surface area contributed by atoms with Gasteiger partial charge in [-0.25, -0.2) is 0 Å². The smallest absolute Gasteiger partial charge is 0.0406 e. The number of benzene rings is 1. The molecule has 0 heterocycles. The highest BCUT2D eigenvalue weighted by atomic mass is 35.5. The van der Waals surface area contributed by atoms with Gasteiger partial charge in [0.25, 0.3) is 0 Å². The zero-order valence-electron chi connectivity index (χ0n) is 15.5. The van der Waals surface area contributed by atoms with Crippen LogP contribution in [0.4, 0.5) is 0 Å². The Hall–Kier alpha value is -0.240. The lowest BCUT2D eigenvalue weighted by atomic mass is 9.58. The van der Waals surface area contributed by atoms with Gasteiger partial charge in [0.15, 0.2) is 0 Å². The Labute approximate surface area is 139 Å². The van der Waals surface area contributed by atoms with Crippen LogP contribution in [0.1, 0.15) is 49.2 Å². The molecule has 20 heavy (non-hydrogen) atoms. The quantitative estimate of drug-likeness (QED) is 0.724. The molecule has 1 aliphatic rings. The number of likely N-dealkylation sites (N-methyl/N-ethyl adjacent to an activating group) is 1. The highest BCUT2D eigenvalue weighted by Crippen LogP contribution is 2.49.